The number of alkyl halides is 3. The summed E-state index contributed by atoms with van der Waals surface area (Å²) in [7, 11) is -4.50. The van der Waals surface area contributed by atoms with Crippen LogP contribution in [0.4, 0.5) is 18.9 Å². The van der Waals surface area contributed by atoms with E-state index in [9.17, 15) is 31.8 Å². The summed E-state index contributed by atoms with van der Waals surface area (Å²) in [5, 5.41) is 18.4. The smallest absolute Gasteiger partial charge is 0.407 e. The minimum atomic E-state index is -4.76. The summed E-state index contributed by atoms with van der Waals surface area (Å²) in [6.45, 7) is -1.72. The predicted molar refractivity (Wildman–Crippen MR) is 76.8 cm³/mol. The molecule has 124 valence electrons. The van der Waals surface area contributed by atoms with Crippen LogP contribution in [0.3, 0.4) is 0 Å². The number of hydrogen-bond acceptors (Lipinski definition) is 4. The molecule has 2 rings (SSSR count). The molecule has 0 aliphatic carbocycles. The lowest BCUT2D eigenvalue weighted by molar-refractivity contribution is -0.117. The summed E-state index contributed by atoms with van der Waals surface area (Å²) >= 11 is 0. The van der Waals surface area contributed by atoms with E-state index in [0.717, 1.165) is 48.5 Å². The quantitative estimate of drug-likeness (QED) is 0.892. The molecule has 0 aromatic heterocycles. The Balaban J connectivity index is 2.51. The fourth-order valence-corrected chi connectivity index (χ4v) is 3.29. The first-order chi connectivity index (χ1) is 10.6. The van der Waals surface area contributed by atoms with Crippen LogP contribution >= 0.6 is 0 Å². The molecule has 0 saturated heterocycles. The van der Waals surface area contributed by atoms with Crippen molar-refractivity contribution in [1.82, 2.24) is 0 Å². The molecule has 0 aliphatic heterocycles. The van der Waals surface area contributed by atoms with E-state index in [-0.39, 0.29) is 21.5 Å². The number of rotatable bonds is 4. The molecule has 5 nitrogen and oxygen atoms in total. The minimum absolute atomic E-state index is 0.193. The molecule has 0 unspecified atom stereocenters. The normalized spacial score (nSPS) is 12.1. The van der Waals surface area contributed by atoms with E-state index in [4.69, 9.17) is 0 Å². The first-order valence-electron chi connectivity index (χ1n) is 6.27. The Kier molecular flexibility index (Phi) is 4.42. The topological polar surface area (TPSA) is 77.8 Å². The van der Waals surface area contributed by atoms with Gasteiger partial charge < -0.3 is 10.2 Å². The molecule has 0 spiro atoms. The van der Waals surface area contributed by atoms with Gasteiger partial charge in [-0.25, -0.2) is 8.42 Å². The van der Waals surface area contributed by atoms with Crippen molar-refractivity contribution in [3.63, 3.8) is 0 Å². The maximum absolute atomic E-state index is 12.8. The van der Waals surface area contributed by atoms with Gasteiger partial charge in [0.05, 0.1) is 10.6 Å². The van der Waals surface area contributed by atoms with E-state index < -0.39 is 27.6 Å². The monoisotopic (exact) mass is 347 g/mol. The number of hydrogen-bond donors (Lipinski definition) is 2. The largest absolute Gasteiger partial charge is 0.508 e. The second-order valence-electron chi connectivity index (χ2n) is 4.64. The highest BCUT2D eigenvalue weighted by Gasteiger charge is 2.37. The van der Waals surface area contributed by atoms with Crippen LogP contribution in [0.25, 0.3) is 0 Å². The Morgan fingerprint density at radius 1 is 0.870 bits per heavy atom. The number of sulfonamides is 1. The van der Waals surface area contributed by atoms with E-state index in [2.05, 4.69) is 0 Å². The molecule has 9 heteroatoms. The van der Waals surface area contributed by atoms with Gasteiger partial charge in [0.15, 0.2) is 0 Å². The first-order valence-corrected chi connectivity index (χ1v) is 7.71. The SMILES string of the molecule is O=S(=O)(c1ccc(O)cc1)N(CC(F)(F)F)c1ccc(O)cc1. The number of anilines is 1. The molecule has 0 saturated carbocycles. The van der Waals surface area contributed by atoms with E-state index >= 15 is 0 Å². The van der Waals surface area contributed by atoms with Crippen molar-refractivity contribution in [3.05, 3.63) is 48.5 Å². The fourth-order valence-electron chi connectivity index (χ4n) is 1.84. The number of nitrogens with zero attached hydrogens (tertiary/aromatic N) is 1. The zero-order chi connectivity index (χ0) is 17.3. The van der Waals surface area contributed by atoms with Crippen molar-refractivity contribution in [2.75, 3.05) is 10.8 Å². The van der Waals surface area contributed by atoms with Crippen molar-refractivity contribution >= 4 is 15.7 Å². The van der Waals surface area contributed by atoms with Crippen LogP contribution < -0.4 is 4.31 Å². The summed E-state index contributed by atoms with van der Waals surface area (Å²) in [5.74, 6) is -0.418. The summed E-state index contributed by atoms with van der Waals surface area (Å²) in [6, 6.07) is 8.46. The van der Waals surface area contributed by atoms with Gasteiger partial charge in [-0.05, 0) is 48.5 Å². The number of halogens is 3. The summed E-state index contributed by atoms with van der Waals surface area (Å²) in [4.78, 5) is -0.396. The molecule has 0 heterocycles. The van der Waals surface area contributed by atoms with E-state index in [1.165, 1.54) is 0 Å². The van der Waals surface area contributed by atoms with Gasteiger partial charge in [0.1, 0.15) is 18.0 Å². The van der Waals surface area contributed by atoms with Crippen molar-refractivity contribution in [3.8, 4) is 11.5 Å². The van der Waals surface area contributed by atoms with Crippen LogP contribution in [0.1, 0.15) is 0 Å². The van der Waals surface area contributed by atoms with Crippen LogP contribution in [0.2, 0.25) is 0 Å². The van der Waals surface area contributed by atoms with Gasteiger partial charge in [0, 0.05) is 0 Å². The average Bonchev–Trinajstić information content (AvgIpc) is 2.45. The molecule has 0 bridgehead atoms. The summed E-state index contributed by atoms with van der Waals surface area (Å²) < 4.78 is 63.5. The van der Waals surface area contributed by atoms with Gasteiger partial charge in [-0.3, -0.25) is 4.31 Å². The fraction of sp³-hybridized carbons (Fsp3) is 0.143. The average molecular weight is 347 g/mol. The number of phenols is 2. The summed E-state index contributed by atoms with van der Waals surface area (Å²) in [6.07, 6.45) is -4.76. The van der Waals surface area contributed by atoms with Crippen LogP contribution in [-0.2, 0) is 10.0 Å². The zero-order valence-electron chi connectivity index (χ0n) is 11.5. The standard InChI is InChI=1S/C14H12F3NO4S/c15-14(16,17)9-18(10-1-3-11(19)4-2-10)23(21,22)13-7-5-12(20)6-8-13/h1-8,19-20H,9H2. The second kappa shape index (κ2) is 5.99. The Labute approximate surface area is 130 Å². The number of benzene rings is 2. The molecule has 2 aromatic carbocycles. The maximum Gasteiger partial charge on any atom is 0.407 e. The van der Waals surface area contributed by atoms with E-state index in [1.54, 1.807) is 0 Å². The highest BCUT2D eigenvalue weighted by atomic mass is 32.2. The Bertz CT molecular complexity index is 771. The Hall–Kier alpha value is -2.42. The van der Waals surface area contributed by atoms with Crippen LogP contribution in [0.15, 0.2) is 53.4 Å². The molecule has 0 atom stereocenters. The zero-order valence-corrected chi connectivity index (χ0v) is 12.3. The van der Waals surface area contributed by atoms with Gasteiger partial charge in [0.2, 0.25) is 0 Å². The van der Waals surface area contributed by atoms with Gasteiger partial charge in [0.25, 0.3) is 10.0 Å². The molecule has 0 radical (unpaired) electrons. The molecule has 0 fully saturated rings. The molecule has 23 heavy (non-hydrogen) atoms. The molecule has 2 aromatic rings. The van der Waals surface area contributed by atoms with Crippen LogP contribution in [0.5, 0.6) is 11.5 Å². The van der Waals surface area contributed by atoms with Gasteiger partial charge in [-0.1, -0.05) is 0 Å². The van der Waals surface area contributed by atoms with Crippen LogP contribution in [-0.4, -0.2) is 31.4 Å². The molecular formula is C14H12F3NO4S. The highest BCUT2D eigenvalue weighted by molar-refractivity contribution is 7.92. The van der Waals surface area contributed by atoms with Crippen molar-refractivity contribution in [2.45, 2.75) is 11.1 Å². The summed E-state index contributed by atoms with van der Waals surface area (Å²) in [5.41, 5.74) is -0.242. The predicted octanol–water partition coefficient (Wildman–Crippen LogP) is 2.86. The van der Waals surface area contributed by atoms with Crippen molar-refractivity contribution in [2.24, 2.45) is 0 Å². The Morgan fingerprint density at radius 2 is 1.30 bits per heavy atom. The van der Waals surface area contributed by atoms with Crippen molar-refractivity contribution < 1.29 is 31.8 Å². The molecular weight excluding hydrogens is 335 g/mol. The van der Waals surface area contributed by atoms with Gasteiger partial charge in [-0.15, -0.1) is 0 Å². The third-order valence-electron chi connectivity index (χ3n) is 2.89. The third-order valence-corrected chi connectivity index (χ3v) is 4.67. The first kappa shape index (κ1) is 16.9. The second-order valence-corrected chi connectivity index (χ2v) is 6.50. The lowest BCUT2D eigenvalue weighted by Gasteiger charge is -2.25. The third kappa shape index (κ3) is 4.07. The van der Waals surface area contributed by atoms with E-state index in [1.807, 2.05) is 0 Å². The Morgan fingerprint density at radius 3 is 1.74 bits per heavy atom. The van der Waals surface area contributed by atoms with Crippen LogP contribution in [0, 0.1) is 0 Å². The van der Waals surface area contributed by atoms with E-state index in [0.29, 0.717) is 0 Å². The number of aromatic hydroxyl groups is 2. The van der Waals surface area contributed by atoms with Crippen molar-refractivity contribution in [1.29, 1.82) is 0 Å². The van der Waals surface area contributed by atoms with Gasteiger partial charge >= 0.3 is 6.18 Å². The molecule has 0 aliphatic rings. The maximum atomic E-state index is 12.8. The lowest BCUT2D eigenvalue weighted by atomic mass is 10.3. The molecule has 0 amide bonds. The molecule has 2 N–H and O–H groups in total. The highest BCUT2D eigenvalue weighted by Crippen LogP contribution is 2.30. The van der Waals surface area contributed by atoms with Gasteiger partial charge in [-0.2, -0.15) is 13.2 Å². The number of phenolic OH excluding ortho intramolecular Hbond substituents is 2. The minimum Gasteiger partial charge on any atom is -0.508 e. The lowest BCUT2D eigenvalue weighted by Crippen LogP contribution is -2.39.